The number of rotatable bonds is 14. The highest BCUT2D eigenvalue weighted by molar-refractivity contribution is 7.85. The lowest BCUT2D eigenvalue weighted by molar-refractivity contribution is -0.120. The summed E-state index contributed by atoms with van der Waals surface area (Å²) in [5.74, 6) is 1.34. The number of nitrogens with zero attached hydrogens (tertiary/aromatic N) is 8. The molecular formula is C45H57ClFN11O4S. The van der Waals surface area contributed by atoms with Gasteiger partial charge in [-0.1, -0.05) is 23.7 Å². The average Bonchev–Trinajstić information content (AvgIpc) is 3.30. The maximum atomic E-state index is 15.1. The number of para-hydroxylation sites is 2. The number of carbonyl (C=O) groups is 2. The van der Waals surface area contributed by atoms with Crippen LogP contribution >= 0.6 is 11.6 Å². The number of hydrogen-bond donors (Lipinski definition) is 3. The molecule has 0 saturated carbocycles. The minimum atomic E-state index is -1.21. The molecule has 3 N–H and O–H groups in total. The number of benzene rings is 3. The molecule has 4 fully saturated rings. The second kappa shape index (κ2) is 20.1. The van der Waals surface area contributed by atoms with E-state index in [1.807, 2.05) is 36.4 Å². The maximum absolute atomic E-state index is 15.1. The Hall–Kier alpha value is -5.23. The van der Waals surface area contributed by atoms with E-state index >= 15 is 4.39 Å². The number of ether oxygens (including phenoxy) is 1. The van der Waals surface area contributed by atoms with Crippen molar-refractivity contribution in [1.29, 1.82) is 0 Å². The Morgan fingerprint density at radius 3 is 2.29 bits per heavy atom. The molecule has 0 spiro atoms. The highest BCUT2D eigenvalue weighted by atomic mass is 35.5. The molecular weight excluding hydrogens is 845 g/mol. The van der Waals surface area contributed by atoms with Crippen LogP contribution in [-0.4, -0.2) is 128 Å². The van der Waals surface area contributed by atoms with Crippen LogP contribution in [0.2, 0.25) is 5.02 Å². The van der Waals surface area contributed by atoms with Gasteiger partial charge in [-0.25, -0.2) is 18.4 Å². The number of piperazine rings is 1. The van der Waals surface area contributed by atoms with Crippen LogP contribution in [-0.2, 0) is 15.8 Å². The lowest BCUT2D eigenvalue weighted by atomic mass is 9.93. The van der Waals surface area contributed by atoms with Gasteiger partial charge in [0.25, 0.3) is 0 Å². The fourth-order valence-electron chi connectivity index (χ4n) is 9.13. The van der Waals surface area contributed by atoms with Crippen molar-refractivity contribution in [2.45, 2.75) is 44.6 Å². The number of urea groups is 1. The molecule has 3 aromatic carbocycles. The third kappa shape index (κ3) is 10.6. The molecule has 8 rings (SSSR count). The first-order valence-electron chi connectivity index (χ1n) is 21.8. The quantitative estimate of drug-likeness (QED) is 0.122. The van der Waals surface area contributed by atoms with E-state index in [0.717, 1.165) is 107 Å². The van der Waals surface area contributed by atoms with Crippen LogP contribution in [0, 0.1) is 11.7 Å². The Balaban J connectivity index is 0.766. The van der Waals surface area contributed by atoms with Gasteiger partial charge in [0.05, 0.1) is 36.1 Å². The molecule has 18 heteroatoms. The number of methoxy groups -OCH3 is 1. The number of halogens is 2. The van der Waals surface area contributed by atoms with Crippen LogP contribution in [0.1, 0.15) is 38.5 Å². The van der Waals surface area contributed by atoms with Crippen molar-refractivity contribution >= 4 is 80.4 Å². The van der Waals surface area contributed by atoms with E-state index < -0.39 is 22.8 Å². The van der Waals surface area contributed by atoms with Gasteiger partial charge in [0.1, 0.15) is 27.6 Å². The molecule has 63 heavy (non-hydrogen) atoms. The van der Waals surface area contributed by atoms with Gasteiger partial charge < -0.3 is 30.1 Å². The predicted molar refractivity (Wildman–Crippen MR) is 250 cm³/mol. The summed E-state index contributed by atoms with van der Waals surface area (Å²) in [4.78, 5) is 44.1. The SMILES string of the molecule is COc1cc(N2CCC(N3CCN(CCC4CCN(c5ccc(N6CCC(=O)NC6=O)c(F)c5)CC4)CC3)CC2)ccc1Nc1ncc(Cl)c(Nc2ccccc2N(C)S(C)=O)n1. The van der Waals surface area contributed by atoms with E-state index in [1.54, 1.807) is 37.0 Å². The minimum Gasteiger partial charge on any atom is -0.494 e. The molecule has 1 aromatic heterocycles. The Morgan fingerprint density at radius 1 is 0.889 bits per heavy atom. The van der Waals surface area contributed by atoms with Crippen molar-refractivity contribution in [2.24, 2.45) is 5.92 Å². The van der Waals surface area contributed by atoms with Gasteiger partial charge in [-0.2, -0.15) is 4.98 Å². The largest absolute Gasteiger partial charge is 0.494 e. The Bertz CT molecular complexity index is 2290. The Morgan fingerprint density at radius 2 is 1.59 bits per heavy atom. The van der Waals surface area contributed by atoms with Crippen LogP contribution < -0.4 is 39.7 Å². The second-order valence-corrected chi connectivity index (χ2v) is 18.5. The Labute approximate surface area is 376 Å². The summed E-state index contributed by atoms with van der Waals surface area (Å²) < 4.78 is 34.8. The monoisotopic (exact) mass is 901 g/mol. The number of amides is 3. The average molecular weight is 903 g/mol. The topological polar surface area (TPSA) is 142 Å². The molecule has 4 saturated heterocycles. The van der Waals surface area contributed by atoms with Crippen LogP contribution in [0.3, 0.4) is 0 Å². The number of aromatic nitrogens is 2. The highest BCUT2D eigenvalue weighted by Gasteiger charge is 2.30. The number of imide groups is 1. The van der Waals surface area contributed by atoms with E-state index in [-0.39, 0.29) is 24.6 Å². The molecule has 3 amide bonds. The summed E-state index contributed by atoms with van der Waals surface area (Å²) in [5, 5.41) is 9.19. The first kappa shape index (κ1) is 44.4. The highest BCUT2D eigenvalue weighted by Crippen LogP contribution is 2.36. The molecule has 1 atom stereocenters. The molecule has 1 unspecified atom stereocenters. The van der Waals surface area contributed by atoms with Gasteiger partial charge in [-0.15, -0.1) is 0 Å². The lowest BCUT2D eigenvalue weighted by Gasteiger charge is -2.43. The van der Waals surface area contributed by atoms with Gasteiger partial charge in [-0.05, 0) is 87.0 Å². The maximum Gasteiger partial charge on any atom is 0.328 e. The van der Waals surface area contributed by atoms with Gasteiger partial charge in [0, 0.05) is 102 Å². The zero-order valence-corrected chi connectivity index (χ0v) is 37.8. The third-order valence-corrected chi connectivity index (χ3v) is 14.2. The fraction of sp³-hybridized carbons (Fsp3) is 0.467. The Kier molecular flexibility index (Phi) is 14.1. The molecule has 4 aliphatic heterocycles. The van der Waals surface area contributed by atoms with E-state index in [1.165, 1.54) is 17.4 Å². The summed E-state index contributed by atoms with van der Waals surface area (Å²) in [5.41, 5.74) is 4.36. The number of piperidine rings is 2. The van der Waals surface area contributed by atoms with Gasteiger partial charge >= 0.3 is 6.03 Å². The van der Waals surface area contributed by atoms with Crippen molar-refractivity contribution in [3.8, 4) is 5.75 Å². The number of anilines is 8. The van der Waals surface area contributed by atoms with Gasteiger partial charge in [-0.3, -0.25) is 24.2 Å². The molecule has 0 bridgehead atoms. The van der Waals surface area contributed by atoms with Crippen LogP contribution in [0.5, 0.6) is 5.75 Å². The molecule has 5 heterocycles. The third-order valence-electron chi connectivity index (χ3n) is 12.9. The van der Waals surface area contributed by atoms with E-state index in [4.69, 9.17) is 16.3 Å². The first-order chi connectivity index (χ1) is 30.5. The van der Waals surface area contributed by atoms with Gasteiger partial charge in [0.15, 0.2) is 5.82 Å². The van der Waals surface area contributed by atoms with Crippen LogP contribution in [0.4, 0.5) is 55.1 Å². The summed E-state index contributed by atoms with van der Waals surface area (Å²) in [6, 6.07) is 18.8. The zero-order chi connectivity index (χ0) is 44.0. The van der Waals surface area contributed by atoms with Crippen molar-refractivity contribution in [2.75, 3.05) is 115 Å². The van der Waals surface area contributed by atoms with E-state index in [0.29, 0.717) is 40.2 Å². The lowest BCUT2D eigenvalue weighted by Crippen LogP contribution is -2.53. The van der Waals surface area contributed by atoms with Crippen molar-refractivity contribution in [1.82, 2.24) is 25.1 Å². The summed E-state index contributed by atoms with van der Waals surface area (Å²) in [6.07, 6.45) is 8.91. The number of carbonyl (C=O) groups excluding carboxylic acids is 2. The molecule has 4 aliphatic rings. The molecule has 4 aromatic rings. The summed E-state index contributed by atoms with van der Waals surface area (Å²) in [7, 11) is 2.22. The molecule has 0 aliphatic carbocycles. The predicted octanol–water partition coefficient (Wildman–Crippen LogP) is 6.83. The fourth-order valence-corrected chi connectivity index (χ4v) is 9.70. The standard InChI is InChI=1S/C45H57ClFN11O4S/c1-53(63(3)61)40-7-5-4-6-37(40)49-43-35(46)30-48-44(52-43)50-38-10-8-34(29-41(38)62-2)56-21-15-32(16-22-56)57-26-24-54(25-27-57)18-12-31-13-19-55(20-14-31)33-9-11-39(36(47)28-33)58-23-17-42(59)51-45(58)60/h4-11,28-32H,12-27H2,1-3H3,(H,51,59,60)(H2,48,49,50,52). The van der Waals surface area contributed by atoms with Crippen molar-refractivity contribution in [3.63, 3.8) is 0 Å². The normalized spacial score (nSPS) is 18.9. The molecule has 0 radical (unpaired) electrons. The smallest absolute Gasteiger partial charge is 0.328 e. The van der Waals surface area contributed by atoms with Gasteiger partial charge in [0.2, 0.25) is 11.9 Å². The molecule has 336 valence electrons. The molecule has 15 nitrogen and oxygen atoms in total. The van der Waals surface area contributed by atoms with Crippen molar-refractivity contribution < 1.29 is 22.9 Å². The number of nitrogens with one attached hydrogen (secondary N) is 3. The van der Waals surface area contributed by atoms with Crippen molar-refractivity contribution in [3.05, 3.63) is 77.7 Å². The summed E-state index contributed by atoms with van der Waals surface area (Å²) in [6.45, 7) is 9.42. The van der Waals surface area contributed by atoms with E-state index in [9.17, 15) is 13.8 Å². The zero-order valence-electron chi connectivity index (χ0n) is 36.2. The van der Waals surface area contributed by atoms with E-state index in [2.05, 4.69) is 57.7 Å². The first-order valence-corrected chi connectivity index (χ1v) is 23.7. The second-order valence-electron chi connectivity index (χ2n) is 16.7. The number of hydrogen-bond acceptors (Lipinski definition) is 12. The van der Waals surface area contributed by atoms with Crippen LogP contribution in [0.25, 0.3) is 0 Å². The minimum absolute atomic E-state index is 0.164. The van der Waals surface area contributed by atoms with Crippen LogP contribution in [0.15, 0.2) is 66.9 Å². The summed E-state index contributed by atoms with van der Waals surface area (Å²) >= 11 is 6.51.